The van der Waals surface area contributed by atoms with E-state index in [-0.39, 0.29) is 18.3 Å². The second kappa shape index (κ2) is 7.25. The number of piperidine rings is 1. The molecule has 0 saturated carbocycles. The van der Waals surface area contributed by atoms with E-state index < -0.39 is 17.8 Å². The van der Waals surface area contributed by atoms with Crippen molar-refractivity contribution < 1.29 is 14.7 Å². The maximum absolute atomic E-state index is 12.8. The van der Waals surface area contributed by atoms with E-state index in [9.17, 15) is 14.7 Å². The summed E-state index contributed by atoms with van der Waals surface area (Å²) >= 11 is 12.4. The average molecular weight is 397 g/mol. The van der Waals surface area contributed by atoms with Gasteiger partial charge in [-0.3, -0.25) is 9.59 Å². The van der Waals surface area contributed by atoms with Gasteiger partial charge in [-0.25, -0.2) is 9.67 Å². The lowest BCUT2D eigenvalue weighted by molar-refractivity contribution is -0.143. The number of aryl methyl sites for hydroxylation is 1. The molecule has 7 nitrogen and oxygen atoms in total. The molecule has 0 spiro atoms. The zero-order valence-corrected chi connectivity index (χ0v) is 15.8. The predicted octanol–water partition coefficient (Wildman–Crippen LogP) is 3.07. The number of carbonyl (C=O) groups is 2. The molecule has 0 bridgehead atoms. The summed E-state index contributed by atoms with van der Waals surface area (Å²) in [5, 5.41) is 14.3. The van der Waals surface area contributed by atoms with Crippen LogP contribution in [0, 0.1) is 18.8 Å². The first-order valence-corrected chi connectivity index (χ1v) is 8.93. The molecule has 2 unspecified atom stereocenters. The molecule has 3 rings (SSSR count). The molecule has 1 aliphatic heterocycles. The monoisotopic (exact) mass is 396 g/mol. The average Bonchev–Trinajstić information content (AvgIpc) is 2.95. The van der Waals surface area contributed by atoms with Gasteiger partial charge < -0.3 is 10.0 Å². The SMILES string of the molecule is Cc1nc(C(=O)N2CC(C)CC(C(=O)O)C2)nn1-c1c(Cl)cccc1Cl. The number of aliphatic carboxylic acids is 1. The van der Waals surface area contributed by atoms with Crippen LogP contribution in [0.1, 0.15) is 29.8 Å². The van der Waals surface area contributed by atoms with Crippen LogP contribution in [0.5, 0.6) is 0 Å². The van der Waals surface area contributed by atoms with Gasteiger partial charge in [0.2, 0.25) is 5.82 Å². The van der Waals surface area contributed by atoms with Gasteiger partial charge >= 0.3 is 5.97 Å². The van der Waals surface area contributed by atoms with E-state index in [2.05, 4.69) is 10.1 Å². The molecule has 138 valence electrons. The van der Waals surface area contributed by atoms with Crippen molar-refractivity contribution in [3.05, 3.63) is 39.9 Å². The summed E-state index contributed by atoms with van der Waals surface area (Å²) in [5.41, 5.74) is 0.454. The Morgan fingerprint density at radius 3 is 2.50 bits per heavy atom. The van der Waals surface area contributed by atoms with E-state index >= 15 is 0 Å². The Kier molecular flexibility index (Phi) is 5.20. The third-order valence-corrected chi connectivity index (χ3v) is 5.02. The summed E-state index contributed by atoms with van der Waals surface area (Å²) in [6.45, 7) is 4.25. The Labute approximate surface area is 160 Å². The van der Waals surface area contributed by atoms with Gasteiger partial charge in [0.05, 0.1) is 16.0 Å². The number of nitrogens with zero attached hydrogens (tertiary/aromatic N) is 4. The maximum atomic E-state index is 12.8. The van der Waals surface area contributed by atoms with Crippen molar-refractivity contribution in [3.8, 4) is 5.69 Å². The minimum Gasteiger partial charge on any atom is -0.481 e. The summed E-state index contributed by atoms with van der Waals surface area (Å²) in [6, 6.07) is 5.07. The van der Waals surface area contributed by atoms with Crippen LogP contribution in [0.25, 0.3) is 5.69 Å². The molecule has 26 heavy (non-hydrogen) atoms. The van der Waals surface area contributed by atoms with Gasteiger partial charge in [0.15, 0.2) is 0 Å². The van der Waals surface area contributed by atoms with Crippen LogP contribution >= 0.6 is 23.2 Å². The van der Waals surface area contributed by atoms with Gasteiger partial charge in [-0.15, -0.1) is 5.10 Å². The lowest BCUT2D eigenvalue weighted by Crippen LogP contribution is -2.45. The van der Waals surface area contributed by atoms with E-state index in [4.69, 9.17) is 23.2 Å². The van der Waals surface area contributed by atoms with Crippen molar-refractivity contribution >= 4 is 35.1 Å². The van der Waals surface area contributed by atoms with Gasteiger partial charge in [0.25, 0.3) is 5.91 Å². The standard InChI is InChI=1S/C17H18Cl2N4O3/c1-9-6-11(17(25)26)8-22(7-9)16(24)15-20-10(2)23(21-15)14-12(18)4-3-5-13(14)19/h3-5,9,11H,6-8H2,1-2H3,(H,25,26). The Hall–Kier alpha value is -2.12. The fourth-order valence-electron chi connectivity index (χ4n) is 3.22. The van der Waals surface area contributed by atoms with Crippen molar-refractivity contribution in [2.24, 2.45) is 11.8 Å². The summed E-state index contributed by atoms with van der Waals surface area (Å²) in [7, 11) is 0. The van der Waals surface area contributed by atoms with Crippen molar-refractivity contribution in [1.82, 2.24) is 19.7 Å². The maximum Gasteiger partial charge on any atom is 0.308 e. The number of rotatable bonds is 3. The minimum absolute atomic E-state index is 0.00303. The number of likely N-dealkylation sites (tertiary alicyclic amines) is 1. The molecule has 1 N–H and O–H groups in total. The van der Waals surface area contributed by atoms with Crippen LogP contribution in [0.2, 0.25) is 10.0 Å². The molecule has 1 aliphatic rings. The molecular formula is C17H18Cl2N4O3. The summed E-state index contributed by atoms with van der Waals surface area (Å²) in [5.74, 6) is -1.32. The third kappa shape index (κ3) is 3.54. The first-order valence-electron chi connectivity index (χ1n) is 8.18. The van der Waals surface area contributed by atoms with Gasteiger partial charge in [-0.05, 0) is 31.4 Å². The van der Waals surface area contributed by atoms with E-state index in [0.29, 0.717) is 34.5 Å². The lowest BCUT2D eigenvalue weighted by Gasteiger charge is -2.33. The number of hydrogen-bond acceptors (Lipinski definition) is 4. The number of halogens is 2. The third-order valence-electron chi connectivity index (χ3n) is 4.41. The molecule has 2 atom stereocenters. The molecule has 0 aliphatic carbocycles. The number of amides is 1. The zero-order valence-electron chi connectivity index (χ0n) is 14.3. The topological polar surface area (TPSA) is 88.3 Å². The van der Waals surface area contributed by atoms with E-state index in [1.54, 1.807) is 25.1 Å². The molecule has 0 radical (unpaired) electrons. The fourth-order valence-corrected chi connectivity index (χ4v) is 3.78. The van der Waals surface area contributed by atoms with Crippen LogP contribution in [0.15, 0.2) is 18.2 Å². The molecule has 1 aromatic carbocycles. The number of para-hydroxylation sites is 1. The number of hydrogen-bond donors (Lipinski definition) is 1. The highest BCUT2D eigenvalue weighted by Crippen LogP contribution is 2.29. The quantitative estimate of drug-likeness (QED) is 0.860. The zero-order chi connectivity index (χ0) is 19.0. The van der Waals surface area contributed by atoms with Crippen molar-refractivity contribution in [2.45, 2.75) is 20.3 Å². The van der Waals surface area contributed by atoms with Crippen LogP contribution in [0.3, 0.4) is 0 Å². The molecule has 1 saturated heterocycles. The largest absolute Gasteiger partial charge is 0.481 e. The van der Waals surface area contributed by atoms with Gasteiger partial charge in [-0.1, -0.05) is 36.2 Å². The van der Waals surface area contributed by atoms with Crippen LogP contribution in [0.4, 0.5) is 0 Å². The number of aromatic nitrogens is 3. The molecular weight excluding hydrogens is 379 g/mol. The van der Waals surface area contributed by atoms with Crippen molar-refractivity contribution in [1.29, 1.82) is 0 Å². The second-order valence-corrected chi connectivity index (χ2v) is 7.37. The van der Waals surface area contributed by atoms with Crippen LogP contribution in [-0.2, 0) is 4.79 Å². The molecule has 1 fully saturated rings. The Morgan fingerprint density at radius 1 is 1.23 bits per heavy atom. The summed E-state index contributed by atoms with van der Waals surface area (Å²) in [6.07, 6.45) is 0.551. The number of benzene rings is 1. The normalized spacial score (nSPS) is 20.2. The summed E-state index contributed by atoms with van der Waals surface area (Å²) in [4.78, 5) is 29.9. The van der Waals surface area contributed by atoms with Gasteiger partial charge in [-0.2, -0.15) is 0 Å². The molecule has 2 aromatic rings. The highest BCUT2D eigenvalue weighted by Gasteiger charge is 2.34. The van der Waals surface area contributed by atoms with Crippen LogP contribution < -0.4 is 0 Å². The smallest absolute Gasteiger partial charge is 0.308 e. The molecule has 1 amide bonds. The van der Waals surface area contributed by atoms with E-state index in [0.717, 1.165) is 0 Å². The van der Waals surface area contributed by atoms with Crippen molar-refractivity contribution in [2.75, 3.05) is 13.1 Å². The fraction of sp³-hybridized carbons (Fsp3) is 0.412. The Balaban J connectivity index is 1.91. The molecule has 1 aromatic heterocycles. The summed E-state index contributed by atoms with van der Waals surface area (Å²) < 4.78 is 1.43. The van der Waals surface area contributed by atoms with E-state index in [1.165, 1.54) is 9.58 Å². The number of carboxylic acid groups (broad SMARTS) is 1. The van der Waals surface area contributed by atoms with Crippen molar-refractivity contribution in [3.63, 3.8) is 0 Å². The first kappa shape index (κ1) is 18.7. The highest BCUT2D eigenvalue weighted by atomic mass is 35.5. The Bertz CT molecular complexity index is 847. The highest BCUT2D eigenvalue weighted by molar-refractivity contribution is 6.37. The van der Waals surface area contributed by atoms with Crippen LogP contribution in [-0.4, -0.2) is 49.7 Å². The predicted molar refractivity (Wildman–Crippen MR) is 96.9 cm³/mol. The first-order chi connectivity index (χ1) is 12.3. The molecule has 2 heterocycles. The van der Waals surface area contributed by atoms with Gasteiger partial charge in [0.1, 0.15) is 11.5 Å². The second-order valence-electron chi connectivity index (χ2n) is 6.55. The minimum atomic E-state index is -0.896. The van der Waals surface area contributed by atoms with Gasteiger partial charge in [0, 0.05) is 13.1 Å². The Morgan fingerprint density at radius 2 is 1.88 bits per heavy atom. The molecule has 9 heteroatoms. The number of carbonyl (C=O) groups excluding carboxylic acids is 1. The number of carboxylic acids is 1. The lowest BCUT2D eigenvalue weighted by atomic mass is 9.90. The van der Waals surface area contributed by atoms with E-state index in [1.807, 2.05) is 6.92 Å².